The van der Waals surface area contributed by atoms with Crippen LogP contribution in [-0.2, 0) is 4.79 Å². The fourth-order valence-corrected chi connectivity index (χ4v) is 3.13. The van der Waals surface area contributed by atoms with E-state index < -0.39 is 0 Å². The van der Waals surface area contributed by atoms with E-state index in [0.717, 1.165) is 41.7 Å². The van der Waals surface area contributed by atoms with Gasteiger partial charge in [0.1, 0.15) is 11.6 Å². The number of ketones is 1. The Labute approximate surface area is 132 Å². The summed E-state index contributed by atoms with van der Waals surface area (Å²) in [5, 5.41) is 9.35. The van der Waals surface area contributed by atoms with Gasteiger partial charge in [-0.25, -0.2) is 0 Å². The van der Waals surface area contributed by atoms with E-state index >= 15 is 0 Å². The maximum absolute atomic E-state index is 12.5. The predicted octanol–water partition coefficient (Wildman–Crippen LogP) is 3.68. The van der Waals surface area contributed by atoms with E-state index in [9.17, 15) is 10.1 Å². The van der Waals surface area contributed by atoms with Gasteiger partial charge in [-0.15, -0.1) is 0 Å². The Morgan fingerprint density at radius 1 is 1.10 bits per heavy atom. The summed E-state index contributed by atoms with van der Waals surface area (Å²) in [5.41, 5.74) is 2.58. The van der Waals surface area contributed by atoms with Crippen molar-refractivity contribution in [1.82, 2.24) is 4.90 Å². The van der Waals surface area contributed by atoms with Crippen molar-refractivity contribution < 1.29 is 4.79 Å². The lowest BCUT2D eigenvalue weighted by Crippen LogP contribution is -2.28. The number of allylic oxidation sites excluding steroid dienone is 3. The van der Waals surface area contributed by atoms with Crippen LogP contribution in [0.3, 0.4) is 0 Å². The Kier molecular flexibility index (Phi) is 3.94. The topological polar surface area (TPSA) is 44.1 Å². The van der Waals surface area contributed by atoms with Gasteiger partial charge in [-0.3, -0.25) is 4.79 Å². The molecule has 1 heterocycles. The second-order valence-electron chi connectivity index (χ2n) is 5.31. The third-order valence-electron chi connectivity index (χ3n) is 3.97. The highest BCUT2D eigenvalue weighted by molar-refractivity contribution is 9.10. The van der Waals surface area contributed by atoms with Crippen LogP contribution < -0.4 is 0 Å². The molecule has 1 aromatic rings. The van der Waals surface area contributed by atoms with Crippen LogP contribution in [0.5, 0.6) is 0 Å². The third-order valence-corrected chi connectivity index (χ3v) is 4.50. The molecule has 1 saturated heterocycles. The molecule has 0 aromatic heterocycles. The number of benzene rings is 1. The lowest BCUT2D eigenvalue weighted by molar-refractivity contribution is -0.110. The van der Waals surface area contributed by atoms with E-state index in [4.69, 9.17) is 0 Å². The molecule has 1 aromatic carbocycles. The minimum Gasteiger partial charge on any atom is -0.370 e. The zero-order chi connectivity index (χ0) is 14.8. The number of hydrogen-bond acceptors (Lipinski definition) is 3. The number of nitriles is 1. The summed E-state index contributed by atoms with van der Waals surface area (Å²) < 4.78 is 0.974. The molecule has 0 amide bonds. The van der Waals surface area contributed by atoms with Gasteiger partial charge in [0.15, 0.2) is 0 Å². The van der Waals surface area contributed by atoms with Gasteiger partial charge in [0.05, 0.1) is 5.70 Å². The van der Waals surface area contributed by atoms with Crippen molar-refractivity contribution in [1.29, 1.82) is 5.26 Å². The summed E-state index contributed by atoms with van der Waals surface area (Å²) in [6.07, 6.45) is 5.36. The van der Waals surface area contributed by atoms with Crippen LogP contribution in [0.25, 0.3) is 5.57 Å². The maximum atomic E-state index is 12.5. The fraction of sp³-hybridized carbons (Fsp3) is 0.294. The molecule has 0 atom stereocenters. The van der Waals surface area contributed by atoms with Crippen molar-refractivity contribution in [2.45, 2.75) is 19.3 Å². The van der Waals surface area contributed by atoms with Crippen LogP contribution in [0.2, 0.25) is 0 Å². The first-order chi connectivity index (χ1) is 10.2. The Morgan fingerprint density at radius 3 is 2.38 bits per heavy atom. The van der Waals surface area contributed by atoms with E-state index in [2.05, 4.69) is 26.9 Å². The Bertz CT molecular complexity index is 674. The zero-order valence-electron chi connectivity index (χ0n) is 11.6. The monoisotopic (exact) mass is 342 g/mol. The molecule has 0 bridgehead atoms. The molecule has 2 aliphatic rings. The summed E-state index contributed by atoms with van der Waals surface area (Å²) in [4.78, 5) is 14.7. The summed E-state index contributed by atoms with van der Waals surface area (Å²) in [6.45, 7) is 1.86. The Balaban J connectivity index is 1.96. The number of carbonyl (C=O) groups excluding carboxylic acids is 1. The van der Waals surface area contributed by atoms with Crippen LogP contribution in [0.4, 0.5) is 0 Å². The van der Waals surface area contributed by atoms with Crippen molar-refractivity contribution in [3.8, 4) is 6.07 Å². The molecule has 1 aliphatic carbocycles. The van der Waals surface area contributed by atoms with Crippen molar-refractivity contribution >= 4 is 27.3 Å². The van der Waals surface area contributed by atoms with Crippen molar-refractivity contribution in [2.75, 3.05) is 13.1 Å². The van der Waals surface area contributed by atoms with Crippen molar-refractivity contribution in [2.24, 2.45) is 0 Å². The maximum Gasteiger partial charge on any atom is 0.206 e. The van der Waals surface area contributed by atoms with E-state index in [1.807, 2.05) is 30.3 Å². The smallest absolute Gasteiger partial charge is 0.206 e. The average molecular weight is 343 g/mol. The molecular weight excluding hydrogens is 328 g/mol. The van der Waals surface area contributed by atoms with E-state index in [1.165, 1.54) is 6.42 Å². The molecular formula is C17H15BrN2O. The summed E-state index contributed by atoms with van der Waals surface area (Å²) >= 11 is 3.39. The predicted molar refractivity (Wildman–Crippen MR) is 85.2 cm³/mol. The van der Waals surface area contributed by atoms with Gasteiger partial charge in [0.25, 0.3) is 0 Å². The summed E-state index contributed by atoms with van der Waals surface area (Å²) in [6, 6.07) is 9.73. The van der Waals surface area contributed by atoms with Gasteiger partial charge < -0.3 is 4.90 Å². The van der Waals surface area contributed by atoms with Crippen molar-refractivity contribution in [3.05, 3.63) is 51.6 Å². The second kappa shape index (κ2) is 5.87. The highest BCUT2D eigenvalue weighted by Crippen LogP contribution is 2.32. The van der Waals surface area contributed by atoms with E-state index in [-0.39, 0.29) is 11.4 Å². The number of halogens is 1. The Hall–Kier alpha value is -1.86. The molecule has 3 rings (SSSR count). The van der Waals surface area contributed by atoms with Crippen LogP contribution in [0.15, 0.2) is 46.1 Å². The average Bonchev–Trinajstić information content (AvgIpc) is 2.86. The molecule has 1 fully saturated rings. The van der Waals surface area contributed by atoms with Crippen LogP contribution in [0, 0.1) is 11.3 Å². The zero-order valence-corrected chi connectivity index (χ0v) is 13.2. The highest BCUT2D eigenvalue weighted by atomic mass is 79.9. The van der Waals surface area contributed by atoms with Gasteiger partial charge in [-0.05, 0) is 43.0 Å². The second-order valence-corrected chi connectivity index (χ2v) is 6.23. The van der Waals surface area contributed by atoms with Crippen molar-refractivity contribution in [3.63, 3.8) is 0 Å². The number of rotatable bonds is 2. The molecule has 106 valence electrons. The molecule has 1 aliphatic heterocycles. The largest absolute Gasteiger partial charge is 0.370 e. The highest BCUT2D eigenvalue weighted by Gasteiger charge is 2.30. The quantitative estimate of drug-likeness (QED) is 0.823. The number of piperidine rings is 1. The van der Waals surface area contributed by atoms with Gasteiger partial charge in [-0.1, -0.05) is 28.1 Å². The molecule has 0 saturated carbocycles. The molecule has 0 unspecified atom stereocenters. The lowest BCUT2D eigenvalue weighted by Gasteiger charge is -2.29. The van der Waals surface area contributed by atoms with Crippen LogP contribution >= 0.6 is 15.9 Å². The number of Topliss-reactive ketones (excluding diaryl/α,β-unsaturated/α-hetero) is 1. The number of likely N-dealkylation sites (tertiary alicyclic amines) is 1. The molecule has 0 radical (unpaired) electrons. The fourth-order valence-electron chi connectivity index (χ4n) is 2.86. The molecule has 0 spiro atoms. The van der Waals surface area contributed by atoms with Gasteiger partial charge >= 0.3 is 0 Å². The summed E-state index contributed by atoms with van der Waals surface area (Å²) in [5.74, 6) is -0.152. The minimum absolute atomic E-state index is 0.152. The van der Waals surface area contributed by atoms with Gasteiger partial charge in [-0.2, -0.15) is 5.26 Å². The molecule has 3 nitrogen and oxygen atoms in total. The number of hydrogen-bond donors (Lipinski definition) is 0. The van der Waals surface area contributed by atoms with Gasteiger partial charge in [0.2, 0.25) is 5.78 Å². The standard InChI is InChI=1S/C17H15BrN2O/c18-13-6-4-12(5-7-13)14-10-16(15(11-19)17(14)21)20-8-2-1-3-9-20/h4-7,10H,1-3,8-9H2. The first-order valence-electron chi connectivity index (χ1n) is 7.12. The lowest BCUT2D eigenvalue weighted by atomic mass is 10.0. The van der Waals surface area contributed by atoms with E-state index in [0.29, 0.717) is 5.57 Å². The van der Waals surface area contributed by atoms with Crippen LogP contribution in [-0.4, -0.2) is 23.8 Å². The Morgan fingerprint density at radius 2 is 1.76 bits per heavy atom. The van der Waals surface area contributed by atoms with E-state index in [1.54, 1.807) is 0 Å². The molecule has 4 heteroatoms. The minimum atomic E-state index is -0.152. The molecule has 21 heavy (non-hydrogen) atoms. The van der Waals surface area contributed by atoms with Crippen LogP contribution in [0.1, 0.15) is 24.8 Å². The first-order valence-corrected chi connectivity index (χ1v) is 7.91. The molecule has 0 N–H and O–H groups in total. The number of carbonyl (C=O) groups is 1. The van der Waals surface area contributed by atoms with Gasteiger partial charge in [0, 0.05) is 23.1 Å². The summed E-state index contributed by atoms with van der Waals surface area (Å²) in [7, 11) is 0. The first kappa shape index (κ1) is 14.1. The normalized spacial score (nSPS) is 18.8. The third kappa shape index (κ3) is 2.66. The SMILES string of the molecule is N#CC1=C(N2CCCCC2)C=C(c2ccc(Br)cc2)C1=O. The number of nitrogens with zero attached hydrogens (tertiary/aromatic N) is 2.